The number of nitrogens with zero attached hydrogens (tertiary/aromatic N) is 2. The Kier molecular flexibility index (Phi) is 3.51. The van der Waals surface area contributed by atoms with Crippen LogP contribution in [0, 0.1) is 5.82 Å². The number of aromatic nitrogens is 2. The lowest BCUT2D eigenvalue weighted by molar-refractivity contribution is 0.103. The molecular weight excluding hydrogens is 309 g/mol. The number of hydrogen-bond acceptors (Lipinski definition) is 5. The maximum atomic E-state index is 14.3. The van der Waals surface area contributed by atoms with E-state index >= 15 is 0 Å². The van der Waals surface area contributed by atoms with Crippen LogP contribution in [0.2, 0.25) is 0 Å². The zero-order chi connectivity index (χ0) is 15.7. The minimum atomic E-state index is -2.80. The van der Waals surface area contributed by atoms with E-state index in [0.717, 1.165) is 0 Å². The molecule has 2 heterocycles. The molecule has 0 saturated carbocycles. The molecule has 2 aromatic heterocycles. The van der Waals surface area contributed by atoms with E-state index in [2.05, 4.69) is 14.3 Å². The second-order valence-electron chi connectivity index (χ2n) is 4.38. The standard InChI is InChI=1S/C14H8FN3O3S/c15-12-9(3-1-5-11(12)18-22(20)21)13(19)10-7-17-14-8(10)4-2-6-16-14/h1-7H,(H,16,17). The van der Waals surface area contributed by atoms with Crippen molar-refractivity contribution in [2.45, 2.75) is 0 Å². The lowest BCUT2D eigenvalue weighted by Gasteiger charge is -2.03. The molecule has 3 rings (SSSR count). The van der Waals surface area contributed by atoms with Crippen LogP contribution in [0.1, 0.15) is 15.9 Å². The first-order valence-electron chi connectivity index (χ1n) is 6.14. The van der Waals surface area contributed by atoms with Gasteiger partial charge in [-0.05, 0) is 24.3 Å². The van der Waals surface area contributed by atoms with Crippen LogP contribution in [0.5, 0.6) is 0 Å². The van der Waals surface area contributed by atoms with Crippen molar-refractivity contribution in [1.82, 2.24) is 9.97 Å². The highest BCUT2D eigenvalue weighted by atomic mass is 32.2. The largest absolute Gasteiger partial charge is 0.345 e. The number of pyridine rings is 1. The van der Waals surface area contributed by atoms with E-state index in [9.17, 15) is 17.6 Å². The Labute approximate surface area is 125 Å². The van der Waals surface area contributed by atoms with Crippen molar-refractivity contribution in [3.05, 3.63) is 59.7 Å². The fraction of sp³-hybridized carbons (Fsp3) is 0. The normalized spacial score (nSPS) is 10.6. The number of ketones is 1. The van der Waals surface area contributed by atoms with Gasteiger partial charge in [-0.25, -0.2) is 9.37 Å². The maximum Gasteiger partial charge on any atom is 0.316 e. The molecule has 0 radical (unpaired) electrons. The Hall–Kier alpha value is -2.87. The lowest BCUT2D eigenvalue weighted by Crippen LogP contribution is -2.03. The molecule has 0 atom stereocenters. The Morgan fingerprint density at radius 1 is 1.18 bits per heavy atom. The Bertz CT molecular complexity index is 1020. The van der Waals surface area contributed by atoms with Gasteiger partial charge >= 0.3 is 10.5 Å². The molecular formula is C14H8FN3O3S. The van der Waals surface area contributed by atoms with Crippen LogP contribution in [0.3, 0.4) is 0 Å². The SMILES string of the molecule is O=C(c1cccc(N=S(=O)=O)c1F)c1c[nH]c2ncccc12. The van der Waals surface area contributed by atoms with Crippen molar-refractivity contribution in [2.75, 3.05) is 0 Å². The van der Waals surface area contributed by atoms with Crippen molar-refractivity contribution < 1.29 is 17.6 Å². The highest BCUT2D eigenvalue weighted by Gasteiger charge is 2.19. The van der Waals surface area contributed by atoms with Gasteiger partial charge in [-0.15, -0.1) is 4.36 Å². The highest BCUT2D eigenvalue weighted by Crippen LogP contribution is 2.25. The number of H-pyrrole nitrogens is 1. The quantitative estimate of drug-likeness (QED) is 0.752. The van der Waals surface area contributed by atoms with Crippen molar-refractivity contribution in [1.29, 1.82) is 0 Å². The van der Waals surface area contributed by atoms with Crippen LogP contribution in [0.25, 0.3) is 11.0 Å². The van der Waals surface area contributed by atoms with Crippen LogP contribution in [-0.4, -0.2) is 24.2 Å². The minimum absolute atomic E-state index is 0.252. The summed E-state index contributed by atoms with van der Waals surface area (Å²) in [6.45, 7) is 0. The second kappa shape index (κ2) is 5.49. The van der Waals surface area contributed by atoms with E-state index < -0.39 is 27.8 Å². The number of halogens is 1. The molecule has 110 valence electrons. The number of benzene rings is 1. The number of hydrogen-bond donors (Lipinski definition) is 1. The summed E-state index contributed by atoms with van der Waals surface area (Å²) in [4.78, 5) is 19.4. The second-order valence-corrected chi connectivity index (χ2v) is 4.99. The van der Waals surface area contributed by atoms with Crippen LogP contribution in [-0.2, 0) is 10.5 Å². The fourth-order valence-electron chi connectivity index (χ4n) is 2.13. The van der Waals surface area contributed by atoms with Gasteiger partial charge in [0.25, 0.3) is 0 Å². The first-order valence-corrected chi connectivity index (χ1v) is 7.17. The summed E-state index contributed by atoms with van der Waals surface area (Å²) in [6, 6.07) is 7.17. The first-order chi connectivity index (χ1) is 10.6. The number of carbonyl (C=O) groups excluding carboxylic acids is 1. The van der Waals surface area contributed by atoms with Crippen LogP contribution in [0.4, 0.5) is 10.1 Å². The predicted octanol–water partition coefficient (Wildman–Crippen LogP) is 2.63. The highest BCUT2D eigenvalue weighted by molar-refractivity contribution is 7.61. The molecule has 1 aromatic carbocycles. The number of rotatable bonds is 3. The van der Waals surface area contributed by atoms with Crippen LogP contribution < -0.4 is 0 Å². The van der Waals surface area contributed by atoms with E-state index in [-0.39, 0.29) is 11.1 Å². The summed E-state index contributed by atoms with van der Waals surface area (Å²) in [5.41, 5.74) is 0.101. The summed E-state index contributed by atoms with van der Waals surface area (Å²) in [5, 5.41) is 0.557. The molecule has 0 amide bonds. The summed E-state index contributed by atoms with van der Waals surface area (Å²) in [6.07, 6.45) is 3.01. The van der Waals surface area contributed by atoms with Gasteiger partial charge in [0.15, 0.2) is 11.6 Å². The molecule has 22 heavy (non-hydrogen) atoms. The number of fused-ring (bicyclic) bond motifs is 1. The van der Waals surface area contributed by atoms with Gasteiger partial charge in [0.05, 0.1) is 5.56 Å². The lowest BCUT2D eigenvalue weighted by atomic mass is 10.0. The molecule has 0 unspecified atom stereocenters. The van der Waals surface area contributed by atoms with Gasteiger partial charge in [0.2, 0.25) is 0 Å². The average molecular weight is 317 g/mol. The Balaban J connectivity index is 2.16. The summed E-state index contributed by atoms with van der Waals surface area (Å²) in [7, 11) is -2.80. The third-order valence-electron chi connectivity index (χ3n) is 3.09. The average Bonchev–Trinajstić information content (AvgIpc) is 2.92. The summed E-state index contributed by atoms with van der Waals surface area (Å²) in [5.74, 6) is -1.56. The number of aromatic amines is 1. The van der Waals surface area contributed by atoms with Crippen molar-refractivity contribution in [3.8, 4) is 0 Å². The molecule has 0 aliphatic rings. The topological polar surface area (TPSA) is 92.2 Å². The minimum Gasteiger partial charge on any atom is -0.345 e. The van der Waals surface area contributed by atoms with Gasteiger partial charge in [0, 0.05) is 23.3 Å². The zero-order valence-electron chi connectivity index (χ0n) is 10.9. The van der Waals surface area contributed by atoms with Gasteiger partial charge in [-0.2, -0.15) is 8.42 Å². The van der Waals surface area contributed by atoms with E-state index in [1.165, 1.54) is 24.4 Å². The van der Waals surface area contributed by atoms with Gasteiger partial charge < -0.3 is 4.98 Å². The summed E-state index contributed by atoms with van der Waals surface area (Å²) < 4.78 is 38.5. The molecule has 0 aliphatic carbocycles. The van der Waals surface area contributed by atoms with Crippen molar-refractivity contribution >= 4 is 33.0 Å². The van der Waals surface area contributed by atoms with Gasteiger partial charge in [0.1, 0.15) is 11.3 Å². The molecule has 0 bridgehead atoms. The van der Waals surface area contributed by atoms with E-state index in [0.29, 0.717) is 11.0 Å². The monoisotopic (exact) mass is 317 g/mol. The van der Waals surface area contributed by atoms with Gasteiger partial charge in [-0.1, -0.05) is 6.07 Å². The third kappa shape index (κ3) is 2.40. The zero-order valence-corrected chi connectivity index (χ0v) is 11.8. The number of carbonyl (C=O) groups is 1. The number of nitrogens with one attached hydrogen (secondary N) is 1. The van der Waals surface area contributed by atoms with E-state index in [1.807, 2.05) is 0 Å². The fourth-order valence-corrected chi connectivity index (χ4v) is 2.44. The molecule has 8 heteroatoms. The van der Waals surface area contributed by atoms with Crippen molar-refractivity contribution in [2.24, 2.45) is 4.36 Å². The molecule has 0 aliphatic heterocycles. The molecule has 0 fully saturated rings. The van der Waals surface area contributed by atoms with Crippen LogP contribution >= 0.6 is 0 Å². The van der Waals surface area contributed by atoms with Gasteiger partial charge in [-0.3, -0.25) is 4.79 Å². The Morgan fingerprint density at radius 2 is 2.00 bits per heavy atom. The molecule has 0 spiro atoms. The predicted molar refractivity (Wildman–Crippen MR) is 76.9 cm³/mol. The maximum absolute atomic E-state index is 14.3. The van der Waals surface area contributed by atoms with E-state index in [4.69, 9.17) is 0 Å². The van der Waals surface area contributed by atoms with Crippen molar-refractivity contribution in [3.63, 3.8) is 0 Å². The Morgan fingerprint density at radius 3 is 2.77 bits per heavy atom. The van der Waals surface area contributed by atoms with Crippen LogP contribution in [0.15, 0.2) is 47.1 Å². The van der Waals surface area contributed by atoms with E-state index in [1.54, 1.807) is 18.3 Å². The smallest absolute Gasteiger partial charge is 0.316 e. The third-order valence-corrected chi connectivity index (χ3v) is 3.44. The molecule has 6 nitrogen and oxygen atoms in total. The molecule has 0 saturated heterocycles. The first kappa shape index (κ1) is 14.1. The molecule has 1 N–H and O–H groups in total. The molecule has 3 aromatic rings. The summed E-state index contributed by atoms with van der Waals surface area (Å²) >= 11 is 0.